The molecule has 0 spiro atoms. The van der Waals surface area contributed by atoms with E-state index in [9.17, 15) is 9.59 Å². The first kappa shape index (κ1) is 23.0. The highest BCUT2D eigenvalue weighted by molar-refractivity contribution is 6.30. The molecule has 4 rings (SSSR count). The SMILES string of the molecule is CCOc1ccc(NC(=O)C2c3cccc[n+]3CC(=O)N2c2ccc(Cl)cc2)cc1.[I-]. The van der Waals surface area contributed by atoms with Crippen molar-refractivity contribution in [3.63, 3.8) is 0 Å². The molecule has 2 heterocycles. The van der Waals surface area contributed by atoms with Gasteiger partial charge in [-0.3, -0.25) is 14.5 Å². The molecule has 0 saturated heterocycles. The summed E-state index contributed by atoms with van der Waals surface area (Å²) in [4.78, 5) is 27.9. The number of rotatable bonds is 5. The molecule has 3 aromatic rings. The maximum absolute atomic E-state index is 13.4. The zero-order valence-electron chi connectivity index (χ0n) is 16.8. The molecule has 8 heteroatoms. The molecule has 6 nitrogen and oxygen atoms in total. The van der Waals surface area contributed by atoms with Gasteiger partial charge in [0.05, 0.1) is 6.61 Å². The lowest BCUT2D eigenvalue weighted by atomic mass is 10.0. The Morgan fingerprint density at radius 1 is 1.13 bits per heavy atom. The van der Waals surface area contributed by atoms with Gasteiger partial charge >= 0.3 is 0 Å². The van der Waals surface area contributed by atoms with E-state index in [2.05, 4.69) is 5.32 Å². The number of hydrogen-bond acceptors (Lipinski definition) is 3. The fraction of sp³-hybridized carbons (Fsp3) is 0.174. The van der Waals surface area contributed by atoms with Gasteiger partial charge in [0, 0.05) is 28.5 Å². The van der Waals surface area contributed by atoms with Crippen LogP contribution < -0.4 is 43.5 Å². The van der Waals surface area contributed by atoms with Gasteiger partial charge in [-0.2, -0.15) is 4.57 Å². The van der Waals surface area contributed by atoms with Gasteiger partial charge in [-0.15, -0.1) is 0 Å². The Kier molecular flexibility index (Phi) is 7.50. The Bertz CT molecular complexity index is 1070. The maximum atomic E-state index is 13.4. The number of hydrogen-bond donors (Lipinski definition) is 1. The molecule has 1 unspecified atom stereocenters. The first-order valence-electron chi connectivity index (χ1n) is 9.66. The summed E-state index contributed by atoms with van der Waals surface area (Å²) in [6.07, 6.45) is 1.81. The number of aromatic nitrogens is 1. The number of anilines is 2. The van der Waals surface area contributed by atoms with Crippen molar-refractivity contribution in [2.75, 3.05) is 16.8 Å². The molecule has 1 aliphatic rings. The minimum Gasteiger partial charge on any atom is -1.00 e. The number of halogens is 2. The predicted molar refractivity (Wildman–Crippen MR) is 115 cm³/mol. The first-order chi connectivity index (χ1) is 14.6. The summed E-state index contributed by atoms with van der Waals surface area (Å²) in [6, 6.07) is 18.8. The van der Waals surface area contributed by atoms with Crippen molar-refractivity contribution in [2.45, 2.75) is 19.5 Å². The number of fused-ring (bicyclic) bond motifs is 1. The maximum Gasteiger partial charge on any atom is 0.294 e. The summed E-state index contributed by atoms with van der Waals surface area (Å²) in [5, 5.41) is 3.49. The summed E-state index contributed by atoms with van der Waals surface area (Å²) >= 11 is 6.01. The predicted octanol–water partition coefficient (Wildman–Crippen LogP) is 0.757. The number of amides is 2. The van der Waals surface area contributed by atoms with E-state index < -0.39 is 6.04 Å². The van der Waals surface area contributed by atoms with Crippen LogP contribution in [0, 0.1) is 0 Å². The van der Waals surface area contributed by atoms with Gasteiger partial charge in [-0.25, -0.2) is 0 Å². The van der Waals surface area contributed by atoms with Crippen LogP contribution in [-0.2, 0) is 16.1 Å². The molecule has 1 aliphatic heterocycles. The largest absolute Gasteiger partial charge is 1.00 e. The van der Waals surface area contributed by atoms with Crippen molar-refractivity contribution in [1.82, 2.24) is 0 Å². The van der Waals surface area contributed by atoms with Gasteiger partial charge in [-0.1, -0.05) is 17.7 Å². The van der Waals surface area contributed by atoms with E-state index in [1.807, 2.05) is 31.3 Å². The number of nitrogens with zero attached hydrogens (tertiary/aromatic N) is 2. The molecule has 1 atom stereocenters. The number of carbonyl (C=O) groups is 2. The first-order valence-corrected chi connectivity index (χ1v) is 10.0. The van der Waals surface area contributed by atoms with Crippen molar-refractivity contribution in [2.24, 2.45) is 0 Å². The third-order valence-electron chi connectivity index (χ3n) is 4.87. The van der Waals surface area contributed by atoms with Gasteiger partial charge in [0.2, 0.25) is 18.3 Å². The topological polar surface area (TPSA) is 62.5 Å². The zero-order valence-corrected chi connectivity index (χ0v) is 19.7. The van der Waals surface area contributed by atoms with Crippen LogP contribution in [0.1, 0.15) is 18.7 Å². The number of carbonyl (C=O) groups excluding carboxylic acids is 2. The van der Waals surface area contributed by atoms with Crippen LogP contribution in [0.5, 0.6) is 5.75 Å². The lowest BCUT2D eigenvalue weighted by Crippen LogP contribution is -3.00. The number of nitrogens with one attached hydrogen (secondary N) is 1. The third-order valence-corrected chi connectivity index (χ3v) is 5.13. The normalized spacial score (nSPS) is 15.0. The van der Waals surface area contributed by atoms with E-state index in [4.69, 9.17) is 16.3 Å². The number of benzene rings is 2. The van der Waals surface area contributed by atoms with Gasteiger partial charge in [0.25, 0.3) is 11.8 Å². The van der Waals surface area contributed by atoms with Crippen LogP contribution in [0.3, 0.4) is 0 Å². The van der Waals surface area contributed by atoms with Gasteiger partial charge in [0.1, 0.15) is 5.75 Å². The van der Waals surface area contributed by atoms with E-state index in [0.717, 1.165) is 11.4 Å². The Balaban J connectivity index is 0.00000272. The molecule has 0 fully saturated rings. The summed E-state index contributed by atoms with van der Waals surface area (Å²) in [6.45, 7) is 2.64. The molecule has 1 N–H and O–H groups in total. The second-order valence-corrected chi connectivity index (χ2v) is 7.28. The highest BCUT2D eigenvalue weighted by atomic mass is 127. The lowest BCUT2D eigenvalue weighted by molar-refractivity contribution is -0.695. The van der Waals surface area contributed by atoms with Crippen molar-refractivity contribution in [3.05, 3.63) is 83.6 Å². The molecular formula is C23H21ClIN3O3. The van der Waals surface area contributed by atoms with E-state index in [0.29, 0.717) is 23.0 Å². The molecule has 2 aromatic carbocycles. The molecule has 0 saturated carbocycles. The molecule has 1 aromatic heterocycles. The summed E-state index contributed by atoms with van der Waals surface area (Å²) in [7, 11) is 0. The summed E-state index contributed by atoms with van der Waals surface area (Å²) in [5.74, 6) is 0.252. The lowest BCUT2D eigenvalue weighted by Gasteiger charge is -2.32. The molecule has 0 radical (unpaired) electrons. The second kappa shape index (κ2) is 10.1. The Morgan fingerprint density at radius 2 is 1.84 bits per heavy atom. The van der Waals surface area contributed by atoms with E-state index in [1.165, 1.54) is 4.90 Å². The highest BCUT2D eigenvalue weighted by Crippen LogP contribution is 2.31. The van der Waals surface area contributed by atoms with Gasteiger partial charge < -0.3 is 34.0 Å². The minimum absolute atomic E-state index is 0. The monoisotopic (exact) mass is 549 g/mol. The number of ether oxygens (including phenoxy) is 1. The fourth-order valence-corrected chi connectivity index (χ4v) is 3.66. The quantitative estimate of drug-likeness (QED) is 0.378. The molecule has 0 aliphatic carbocycles. The van der Waals surface area contributed by atoms with E-state index in [1.54, 1.807) is 53.1 Å². The molecule has 0 bridgehead atoms. The van der Waals surface area contributed by atoms with Crippen LogP contribution in [-0.4, -0.2) is 18.4 Å². The van der Waals surface area contributed by atoms with Crippen molar-refractivity contribution >= 4 is 34.8 Å². The standard InChI is InChI=1S/C23H20ClN3O3.HI/c1-2-30-19-12-8-17(9-13-19)25-23(29)22-20-5-3-4-14-26(20)15-21(28)27(22)18-10-6-16(24)7-11-18;/h3-14,22H,2,15H2,1H3;1H. The molecule has 160 valence electrons. The molecule has 2 amide bonds. The second-order valence-electron chi connectivity index (χ2n) is 6.84. The highest BCUT2D eigenvalue weighted by Gasteiger charge is 2.43. The van der Waals surface area contributed by atoms with Crippen molar-refractivity contribution in [1.29, 1.82) is 0 Å². The van der Waals surface area contributed by atoms with E-state index >= 15 is 0 Å². The Hall–Kier alpha value is -2.65. The van der Waals surface area contributed by atoms with Crippen molar-refractivity contribution < 1.29 is 42.9 Å². The smallest absolute Gasteiger partial charge is 0.294 e. The van der Waals surface area contributed by atoms with E-state index in [-0.39, 0.29) is 42.3 Å². The average Bonchev–Trinajstić information content (AvgIpc) is 2.75. The van der Waals surface area contributed by atoms with Gasteiger partial charge in [-0.05, 0) is 55.5 Å². The molecule has 31 heavy (non-hydrogen) atoms. The van der Waals surface area contributed by atoms with Crippen LogP contribution in [0.4, 0.5) is 11.4 Å². The average molecular weight is 550 g/mol. The van der Waals surface area contributed by atoms with Gasteiger partial charge in [0.15, 0.2) is 6.20 Å². The van der Waals surface area contributed by atoms with Crippen LogP contribution >= 0.6 is 11.6 Å². The van der Waals surface area contributed by atoms with Crippen LogP contribution in [0.2, 0.25) is 5.02 Å². The molecular weight excluding hydrogens is 529 g/mol. The zero-order chi connectivity index (χ0) is 21.1. The minimum atomic E-state index is -0.819. The Labute approximate surface area is 202 Å². The van der Waals surface area contributed by atoms with Crippen molar-refractivity contribution in [3.8, 4) is 5.75 Å². The summed E-state index contributed by atoms with van der Waals surface area (Å²) in [5.41, 5.74) is 1.97. The summed E-state index contributed by atoms with van der Waals surface area (Å²) < 4.78 is 7.25. The van der Waals surface area contributed by atoms with Crippen LogP contribution in [0.15, 0.2) is 72.9 Å². The Morgan fingerprint density at radius 3 is 2.52 bits per heavy atom. The fourth-order valence-electron chi connectivity index (χ4n) is 3.54. The number of pyridine rings is 1. The van der Waals surface area contributed by atoms with Crippen LogP contribution in [0.25, 0.3) is 0 Å². The third kappa shape index (κ3) is 4.99.